The average molecular weight is 267 g/mol. The first kappa shape index (κ1) is 12.3. The molecule has 0 aromatic carbocycles. The molecule has 1 aromatic heterocycles. The van der Waals surface area contributed by atoms with Crippen molar-refractivity contribution in [2.45, 2.75) is 25.9 Å². The van der Waals surface area contributed by atoms with E-state index in [9.17, 15) is 9.90 Å². The molecule has 19 heavy (non-hydrogen) atoms. The second kappa shape index (κ2) is 4.73. The van der Waals surface area contributed by atoms with Crippen LogP contribution in [-0.4, -0.2) is 53.6 Å². The Labute approximate surface area is 110 Å². The van der Waals surface area contributed by atoms with E-state index in [0.717, 1.165) is 24.3 Å². The molecule has 0 saturated carbocycles. The van der Waals surface area contributed by atoms with Crippen LogP contribution in [0.3, 0.4) is 0 Å². The third-order valence-corrected chi connectivity index (χ3v) is 3.74. The summed E-state index contributed by atoms with van der Waals surface area (Å²) in [7, 11) is 0. The van der Waals surface area contributed by atoms with Crippen LogP contribution in [0, 0.1) is 0 Å². The molecule has 2 aliphatic heterocycles. The number of aromatic nitrogens is 1. The molecule has 1 saturated heterocycles. The molecule has 0 aliphatic carbocycles. The van der Waals surface area contributed by atoms with Gasteiger partial charge in [-0.3, -0.25) is 0 Å². The van der Waals surface area contributed by atoms with E-state index >= 15 is 0 Å². The zero-order valence-corrected chi connectivity index (χ0v) is 10.8. The monoisotopic (exact) mass is 267 g/mol. The summed E-state index contributed by atoms with van der Waals surface area (Å²) in [6.45, 7) is 5.07. The van der Waals surface area contributed by atoms with Gasteiger partial charge in [0, 0.05) is 25.6 Å². The highest BCUT2D eigenvalue weighted by atomic mass is 16.5. The summed E-state index contributed by atoms with van der Waals surface area (Å²) in [6.07, 6.45) is -0.289. The summed E-state index contributed by atoms with van der Waals surface area (Å²) in [5.41, 5.74) is 1.79. The number of hydrogen-bond acceptors (Lipinski definition) is 5. The highest BCUT2D eigenvalue weighted by molar-refractivity contribution is 5.66. The molecule has 104 valence electrons. The molecule has 7 heteroatoms. The maximum atomic E-state index is 11.2. The van der Waals surface area contributed by atoms with Crippen molar-refractivity contribution < 1.29 is 19.2 Å². The first-order valence-corrected chi connectivity index (χ1v) is 6.46. The van der Waals surface area contributed by atoms with Crippen molar-refractivity contribution in [1.29, 1.82) is 0 Å². The highest BCUT2D eigenvalue weighted by Gasteiger charge is 2.33. The van der Waals surface area contributed by atoms with E-state index in [1.54, 1.807) is 0 Å². The van der Waals surface area contributed by atoms with Crippen LogP contribution in [0.15, 0.2) is 4.52 Å². The molecular weight excluding hydrogens is 250 g/mol. The summed E-state index contributed by atoms with van der Waals surface area (Å²) in [4.78, 5) is 14.7. The summed E-state index contributed by atoms with van der Waals surface area (Å²) >= 11 is 0. The van der Waals surface area contributed by atoms with Crippen molar-refractivity contribution in [1.82, 2.24) is 10.1 Å². The minimum atomic E-state index is -0.896. The topological polar surface area (TPSA) is 79.0 Å². The summed E-state index contributed by atoms with van der Waals surface area (Å²) in [5, 5.41) is 13.3. The molecule has 0 bridgehead atoms. The number of nitrogens with zero attached hydrogens (tertiary/aromatic N) is 3. The lowest BCUT2D eigenvalue weighted by Gasteiger charge is -2.32. The van der Waals surface area contributed by atoms with Gasteiger partial charge in [-0.1, -0.05) is 5.16 Å². The fourth-order valence-corrected chi connectivity index (χ4v) is 2.64. The van der Waals surface area contributed by atoms with E-state index in [1.807, 2.05) is 6.92 Å². The van der Waals surface area contributed by atoms with Gasteiger partial charge in [-0.05, 0) is 6.92 Å². The molecule has 2 aliphatic rings. The van der Waals surface area contributed by atoms with E-state index < -0.39 is 6.09 Å². The van der Waals surface area contributed by atoms with Crippen LogP contribution in [0.2, 0.25) is 0 Å². The van der Waals surface area contributed by atoms with E-state index in [0.29, 0.717) is 32.1 Å². The predicted molar refractivity (Wildman–Crippen MR) is 66.3 cm³/mol. The Morgan fingerprint density at radius 3 is 2.84 bits per heavy atom. The van der Waals surface area contributed by atoms with Gasteiger partial charge < -0.3 is 24.2 Å². The molecule has 0 radical (unpaired) electrons. The van der Waals surface area contributed by atoms with Crippen LogP contribution in [-0.2, 0) is 17.7 Å². The SMILES string of the molecule is C[C@H]1Cc2noc(N3CCOCC3)c2CN1C(=O)O. The van der Waals surface area contributed by atoms with E-state index in [2.05, 4.69) is 10.1 Å². The molecular formula is C12H17N3O4. The third kappa shape index (κ3) is 2.14. The Morgan fingerprint density at radius 1 is 1.42 bits per heavy atom. The molecule has 1 atom stereocenters. The largest absolute Gasteiger partial charge is 0.465 e. The van der Waals surface area contributed by atoms with Crippen LogP contribution in [0.5, 0.6) is 0 Å². The highest BCUT2D eigenvalue weighted by Crippen LogP contribution is 2.31. The molecule has 3 heterocycles. The normalized spacial score (nSPS) is 23.3. The lowest BCUT2D eigenvalue weighted by Crippen LogP contribution is -2.42. The molecule has 7 nitrogen and oxygen atoms in total. The summed E-state index contributed by atoms with van der Waals surface area (Å²) in [6, 6.07) is -0.0624. The molecule has 1 aromatic rings. The predicted octanol–water partition coefficient (Wildman–Crippen LogP) is 0.936. The Balaban J connectivity index is 1.88. The Kier molecular flexibility index (Phi) is 3.06. The van der Waals surface area contributed by atoms with Crippen molar-refractivity contribution in [2.24, 2.45) is 0 Å². The standard InChI is InChI=1S/C12H17N3O4/c1-8-6-10-9(7-15(8)12(16)17)11(19-13-10)14-2-4-18-5-3-14/h8H,2-7H2,1H3,(H,16,17)/t8-/m0/s1. The molecule has 1 amide bonds. The maximum Gasteiger partial charge on any atom is 0.407 e. The van der Waals surface area contributed by atoms with Crippen molar-refractivity contribution in [2.75, 3.05) is 31.2 Å². The van der Waals surface area contributed by atoms with E-state index in [-0.39, 0.29) is 6.04 Å². The van der Waals surface area contributed by atoms with Crippen LogP contribution in [0.4, 0.5) is 10.7 Å². The first-order chi connectivity index (χ1) is 9.16. The molecule has 3 rings (SSSR count). The molecule has 1 N–H and O–H groups in total. The van der Waals surface area contributed by atoms with Gasteiger partial charge in [0.05, 0.1) is 31.0 Å². The molecule has 0 unspecified atom stereocenters. The minimum Gasteiger partial charge on any atom is -0.465 e. The van der Waals surface area contributed by atoms with Gasteiger partial charge in [0.15, 0.2) is 0 Å². The molecule has 1 fully saturated rings. The number of anilines is 1. The van der Waals surface area contributed by atoms with Gasteiger partial charge >= 0.3 is 6.09 Å². The van der Waals surface area contributed by atoms with E-state index in [4.69, 9.17) is 9.26 Å². The Morgan fingerprint density at radius 2 is 2.16 bits per heavy atom. The smallest absolute Gasteiger partial charge is 0.407 e. The third-order valence-electron chi connectivity index (χ3n) is 3.74. The van der Waals surface area contributed by atoms with Gasteiger partial charge in [-0.2, -0.15) is 0 Å². The summed E-state index contributed by atoms with van der Waals surface area (Å²) in [5.74, 6) is 0.705. The van der Waals surface area contributed by atoms with Gasteiger partial charge in [0.25, 0.3) is 0 Å². The Bertz CT molecular complexity index is 481. The number of morpholine rings is 1. The van der Waals surface area contributed by atoms with Crippen LogP contribution in [0.25, 0.3) is 0 Å². The second-order valence-corrected chi connectivity index (χ2v) is 4.98. The molecule has 0 spiro atoms. The van der Waals surface area contributed by atoms with Crippen molar-refractivity contribution in [3.63, 3.8) is 0 Å². The van der Waals surface area contributed by atoms with Gasteiger partial charge in [-0.25, -0.2) is 4.79 Å². The maximum absolute atomic E-state index is 11.2. The second-order valence-electron chi connectivity index (χ2n) is 4.98. The number of ether oxygens (including phenoxy) is 1. The number of carboxylic acid groups (broad SMARTS) is 1. The lowest BCUT2D eigenvalue weighted by atomic mass is 10.0. The van der Waals surface area contributed by atoms with E-state index in [1.165, 1.54) is 4.90 Å². The van der Waals surface area contributed by atoms with Crippen molar-refractivity contribution >= 4 is 12.0 Å². The lowest BCUT2D eigenvalue weighted by molar-refractivity contribution is 0.117. The number of hydrogen-bond donors (Lipinski definition) is 1. The number of rotatable bonds is 1. The van der Waals surface area contributed by atoms with Gasteiger partial charge in [-0.15, -0.1) is 0 Å². The number of amides is 1. The summed E-state index contributed by atoms with van der Waals surface area (Å²) < 4.78 is 10.7. The van der Waals surface area contributed by atoms with Gasteiger partial charge in [0.2, 0.25) is 5.88 Å². The zero-order chi connectivity index (χ0) is 13.4. The van der Waals surface area contributed by atoms with Crippen LogP contribution >= 0.6 is 0 Å². The zero-order valence-electron chi connectivity index (χ0n) is 10.8. The van der Waals surface area contributed by atoms with Crippen molar-refractivity contribution in [3.8, 4) is 0 Å². The fraction of sp³-hybridized carbons (Fsp3) is 0.667. The fourth-order valence-electron chi connectivity index (χ4n) is 2.64. The van der Waals surface area contributed by atoms with Crippen LogP contribution in [0.1, 0.15) is 18.2 Å². The minimum absolute atomic E-state index is 0.0624. The first-order valence-electron chi connectivity index (χ1n) is 6.46. The van der Waals surface area contributed by atoms with Gasteiger partial charge in [0.1, 0.15) is 0 Å². The number of carbonyl (C=O) groups is 1. The quantitative estimate of drug-likeness (QED) is 0.815. The van der Waals surface area contributed by atoms with Crippen LogP contribution < -0.4 is 4.90 Å². The average Bonchev–Trinajstić information content (AvgIpc) is 2.81. The van der Waals surface area contributed by atoms with Crippen molar-refractivity contribution in [3.05, 3.63) is 11.3 Å². The number of fused-ring (bicyclic) bond motifs is 1. The Hall–Kier alpha value is -1.76.